The second-order valence-electron chi connectivity index (χ2n) is 7.09. The monoisotopic (exact) mass is 468 g/mol. The topological polar surface area (TPSA) is 107 Å². The van der Waals surface area contributed by atoms with Crippen molar-refractivity contribution in [3.8, 4) is 17.3 Å². The van der Waals surface area contributed by atoms with Crippen LogP contribution < -0.4 is 15.4 Å². The first-order chi connectivity index (χ1) is 14.9. The lowest BCUT2D eigenvalue weighted by molar-refractivity contribution is -0.124. The molecule has 164 valence electrons. The number of piperidine rings is 1. The van der Waals surface area contributed by atoms with E-state index in [2.05, 4.69) is 25.9 Å². The predicted molar refractivity (Wildman–Crippen MR) is 110 cm³/mol. The van der Waals surface area contributed by atoms with Crippen LogP contribution in [0.1, 0.15) is 24.8 Å². The lowest BCUT2D eigenvalue weighted by Gasteiger charge is -2.28. The van der Waals surface area contributed by atoms with Crippen molar-refractivity contribution in [1.29, 1.82) is 0 Å². The smallest absolute Gasteiger partial charge is 0.268 e. The van der Waals surface area contributed by atoms with E-state index in [1.54, 1.807) is 13.1 Å². The van der Waals surface area contributed by atoms with E-state index in [4.69, 9.17) is 32.4 Å². The number of carbonyl (C=O) groups is 1. The van der Waals surface area contributed by atoms with E-state index in [1.807, 2.05) is 0 Å². The highest BCUT2D eigenvalue weighted by molar-refractivity contribution is 6.30. The van der Waals surface area contributed by atoms with Gasteiger partial charge in [-0.3, -0.25) is 9.48 Å². The highest BCUT2D eigenvalue weighted by Crippen LogP contribution is 2.26. The SMILES string of the molecule is Cn1nc(-c2nnc([C@H]3CC[C@H](NC(=O)COc4ccc(Cl)c(F)c4)CN3)o2)cc1Cl. The number of amides is 1. The average Bonchev–Trinajstić information content (AvgIpc) is 3.37. The summed E-state index contributed by atoms with van der Waals surface area (Å²) < 4.78 is 26.0. The Hall–Kier alpha value is -2.69. The first-order valence-electron chi connectivity index (χ1n) is 9.53. The Balaban J connectivity index is 1.25. The van der Waals surface area contributed by atoms with Crippen molar-refractivity contribution in [2.45, 2.75) is 24.9 Å². The van der Waals surface area contributed by atoms with Gasteiger partial charge in [0.25, 0.3) is 11.8 Å². The average molecular weight is 469 g/mol. The molecule has 1 amide bonds. The largest absolute Gasteiger partial charge is 0.484 e. The number of aryl methyl sites for hydroxylation is 1. The second kappa shape index (κ2) is 9.21. The number of hydrogen-bond acceptors (Lipinski definition) is 7. The molecule has 0 aliphatic carbocycles. The van der Waals surface area contributed by atoms with Gasteiger partial charge in [0.15, 0.2) is 12.3 Å². The van der Waals surface area contributed by atoms with E-state index >= 15 is 0 Å². The summed E-state index contributed by atoms with van der Waals surface area (Å²) in [7, 11) is 1.72. The van der Waals surface area contributed by atoms with Crippen LogP contribution in [0.5, 0.6) is 5.75 Å². The van der Waals surface area contributed by atoms with Crippen LogP contribution in [-0.4, -0.2) is 45.1 Å². The van der Waals surface area contributed by atoms with Crippen LogP contribution in [0, 0.1) is 5.82 Å². The molecule has 1 saturated heterocycles. The molecule has 0 radical (unpaired) electrons. The first-order valence-corrected chi connectivity index (χ1v) is 10.3. The van der Waals surface area contributed by atoms with E-state index in [0.717, 1.165) is 6.07 Å². The van der Waals surface area contributed by atoms with Crippen LogP contribution >= 0.6 is 23.2 Å². The maximum absolute atomic E-state index is 13.4. The lowest BCUT2D eigenvalue weighted by atomic mass is 10.0. The Morgan fingerprint density at radius 3 is 2.87 bits per heavy atom. The third kappa shape index (κ3) is 5.15. The third-order valence-electron chi connectivity index (χ3n) is 4.82. The molecule has 3 heterocycles. The van der Waals surface area contributed by atoms with Gasteiger partial charge in [0, 0.05) is 31.8 Å². The van der Waals surface area contributed by atoms with Crippen molar-refractivity contribution in [3.63, 3.8) is 0 Å². The Morgan fingerprint density at radius 2 is 2.19 bits per heavy atom. The standard InChI is InChI=1S/C19H19Cl2FN6O3/c1-28-16(21)7-15(27-28)19-26-25-18(31-19)14-5-2-10(8-23-14)24-17(29)9-30-11-3-4-12(20)13(22)6-11/h3-4,6-7,10,14,23H,2,5,8-9H2,1H3,(H,24,29)/t10-,14+/m0/s1. The molecule has 0 bridgehead atoms. The van der Waals surface area contributed by atoms with Gasteiger partial charge in [-0.05, 0) is 25.0 Å². The Kier molecular flexibility index (Phi) is 6.40. The Bertz CT molecular complexity index is 1060. The van der Waals surface area contributed by atoms with E-state index in [-0.39, 0.29) is 35.4 Å². The molecule has 3 aromatic rings. The molecule has 1 aliphatic heterocycles. The van der Waals surface area contributed by atoms with Crippen LogP contribution in [0.3, 0.4) is 0 Å². The highest BCUT2D eigenvalue weighted by Gasteiger charge is 2.27. The fourth-order valence-corrected chi connectivity index (χ4v) is 3.46. The van der Waals surface area contributed by atoms with Crippen LogP contribution in [0.15, 0.2) is 28.7 Å². The molecule has 1 fully saturated rings. The van der Waals surface area contributed by atoms with Crippen LogP contribution in [0.2, 0.25) is 10.2 Å². The fraction of sp³-hybridized carbons (Fsp3) is 0.368. The van der Waals surface area contributed by atoms with E-state index in [9.17, 15) is 9.18 Å². The minimum Gasteiger partial charge on any atom is -0.484 e. The van der Waals surface area contributed by atoms with Gasteiger partial charge in [-0.25, -0.2) is 4.39 Å². The van der Waals surface area contributed by atoms with Gasteiger partial charge in [0.05, 0.1) is 11.1 Å². The summed E-state index contributed by atoms with van der Waals surface area (Å²) in [4.78, 5) is 12.1. The van der Waals surface area contributed by atoms with Crippen molar-refractivity contribution >= 4 is 29.1 Å². The lowest BCUT2D eigenvalue weighted by Crippen LogP contribution is -2.48. The summed E-state index contributed by atoms with van der Waals surface area (Å²) in [5, 5.41) is 19.0. The molecule has 2 atom stereocenters. The molecular weight excluding hydrogens is 450 g/mol. The van der Waals surface area contributed by atoms with Crippen molar-refractivity contribution in [1.82, 2.24) is 30.6 Å². The van der Waals surface area contributed by atoms with Crippen molar-refractivity contribution in [2.75, 3.05) is 13.2 Å². The van der Waals surface area contributed by atoms with Gasteiger partial charge in [-0.1, -0.05) is 23.2 Å². The fourth-order valence-electron chi connectivity index (χ4n) is 3.20. The molecular formula is C19H19Cl2FN6O3. The highest BCUT2D eigenvalue weighted by atomic mass is 35.5. The zero-order chi connectivity index (χ0) is 22.0. The van der Waals surface area contributed by atoms with E-state index < -0.39 is 5.82 Å². The number of nitrogens with zero attached hydrogens (tertiary/aromatic N) is 4. The summed E-state index contributed by atoms with van der Waals surface area (Å²) in [6, 6.07) is 5.47. The summed E-state index contributed by atoms with van der Waals surface area (Å²) in [6.45, 7) is 0.305. The molecule has 12 heteroatoms. The summed E-state index contributed by atoms with van der Waals surface area (Å²) in [6.07, 6.45) is 1.41. The Morgan fingerprint density at radius 1 is 1.35 bits per heavy atom. The van der Waals surface area contributed by atoms with Crippen LogP contribution in [0.4, 0.5) is 4.39 Å². The number of benzene rings is 1. The number of aromatic nitrogens is 4. The molecule has 1 aromatic carbocycles. The molecule has 4 rings (SSSR count). The quantitative estimate of drug-likeness (QED) is 0.572. The van der Waals surface area contributed by atoms with E-state index in [0.29, 0.717) is 42.0 Å². The van der Waals surface area contributed by atoms with Gasteiger partial charge in [0.1, 0.15) is 16.7 Å². The zero-order valence-corrected chi connectivity index (χ0v) is 18.0. The van der Waals surface area contributed by atoms with Crippen LogP contribution in [0.25, 0.3) is 11.6 Å². The summed E-state index contributed by atoms with van der Waals surface area (Å²) in [5.41, 5.74) is 0.507. The zero-order valence-electron chi connectivity index (χ0n) is 16.4. The first kappa shape index (κ1) is 21.5. The van der Waals surface area contributed by atoms with E-state index in [1.165, 1.54) is 16.8 Å². The number of ether oxygens (including phenoxy) is 1. The van der Waals surface area contributed by atoms with Gasteiger partial charge in [-0.15, -0.1) is 10.2 Å². The third-order valence-corrected chi connectivity index (χ3v) is 5.48. The maximum atomic E-state index is 13.4. The number of nitrogens with one attached hydrogen (secondary N) is 2. The van der Waals surface area contributed by atoms with Gasteiger partial charge < -0.3 is 19.8 Å². The molecule has 31 heavy (non-hydrogen) atoms. The molecule has 0 unspecified atom stereocenters. The maximum Gasteiger partial charge on any atom is 0.268 e. The van der Waals surface area contributed by atoms with Crippen LogP contribution in [-0.2, 0) is 11.8 Å². The molecule has 9 nitrogen and oxygen atoms in total. The van der Waals surface area contributed by atoms with Gasteiger partial charge in [-0.2, -0.15) is 5.10 Å². The summed E-state index contributed by atoms with van der Waals surface area (Å²) in [5.74, 6) is 0.0885. The number of carbonyl (C=O) groups excluding carboxylic acids is 1. The normalized spacial score (nSPS) is 18.7. The molecule has 2 N–H and O–H groups in total. The minimum absolute atomic E-state index is 0.00293. The van der Waals surface area contributed by atoms with Crippen molar-refractivity contribution in [3.05, 3.63) is 46.1 Å². The van der Waals surface area contributed by atoms with Gasteiger partial charge in [0.2, 0.25) is 5.89 Å². The predicted octanol–water partition coefficient (Wildman–Crippen LogP) is 2.90. The minimum atomic E-state index is -0.600. The van der Waals surface area contributed by atoms with Gasteiger partial charge >= 0.3 is 0 Å². The molecule has 0 saturated carbocycles. The number of halogens is 3. The molecule has 0 spiro atoms. The molecule has 1 aliphatic rings. The number of hydrogen-bond donors (Lipinski definition) is 2. The van der Waals surface area contributed by atoms with Crippen molar-refractivity contribution < 1.29 is 18.3 Å². The second-order valence-corrected chi connectivity index (χ2v) is 7.88. The van der Waals surface area contributed by atoms with Crippen molar-refractivity contribution in [2.24, 2.45) is 7.05 Å². The molecule has 2 aromatic heterocycles. The number of rotatable bonds is 6. The summed E-state index contributed by atoms with van der Waals surface area (Å²) >= 11 is 11.6. The Labute approximate surface area is 186 Å².